The second-order valence-electron chi connectivity index (χ2n) is 4.52. The Morgan fingerprint density at radius 2 is 2.06 bits per heavy atom. The molecule has 0 amide bonds. The maximum absolute atomic E-state index is 6.11. The van der Waals surface area contributed by atoms with Crippen LogP contribution in [0.5, 0.6) is 0 Å². The molecule has 2 aromatic rings. The first-order valence-corrected chi connectivity index (χ1v) is 6.51. The molecule has 1 N–H and O–H groups in total. The van der Waals surface area contributed by atoms with Gasteiger partial charge in [0.1, 0.15) is 11.6 Å². The topological polar surface area (TPSA) is 37.8 Å². The molecule has 0 unspecified atom stereocenters. The van der Waals surface area contributed by atoms with E-state index in [4.69, 9.17) is 11.6 Å². The molecule has 92 valence electrons. The fourth-order valence-electron chi connectivity index (χ4n) is 1.84. The van der Waals surface area contributed by atoms with Crippen molar-refractivity contribution < 1.29 is 0 Å². The van der Waals surface area contributed by atoms with Crippen LogP contribution in [0.1, 0.15) is 30.1 Å². The summed E-state index contributed by atoms with van der Waals surface area (Å²) in [4.78, 5) is 8.81. The second kappa shape index (κ2) is 4.94. The monoisotopic (exact) mass is 259 g/mol. The number of rotatable bonds is 4. The summed E-state index contributed by atoms with van der Waals surface area (Å²) in [6.45, 7) is 0.681. The average Bonchev–Trinajstić information content (AvgIpc) is 3.23. The van der Waals surface area contributed by atoms with Crippen molar-refractivity contribution in [2.75, 3.05) is 5.32 Å². The number of hydrogen-bond donors (Lipinski definition) is 1. The molecule has 1 aromatic carbocycles. The summed E-state index contributed by atoms with van der Waals surface area (Å²) in [6, 6.07) is 9.72. The van der Waals surface area contributed by atoms with Gasteiger partial charge in [-0.15, -0.1) is 0 Å². The van der Waals surface area contributed by atoms with Crippen molar-refractivity contribution in [3.05, 3.63) is 52.9 Å². The number of benzene rings is 1. The van der Waals surface area contributed by atoms with Gasteiger partial charge in [-0.3, -0.25) is 0 Å². The Labute approximate surface area is 111 Å². The molecule has 0 saturated heterocycles. The summed E-state index contributed by atoms with van der Waals surface area (Å²) in [7, 11) is 0. The van der Waals surface area contributed by atoms with E-state index < -0.39 is 0 Å². The first-order chi connectivity index (χ1) is 8.83. The average molecular weight is 260 g/mol. The minimum Gasteiger partial charge on any atom is -0.366 e. The number of halogens is 1. The number of hydrogen-bond acceptors (Lipinski definition) is 3. The minimum atomic E-state index is 0.576. The van der Waals surface area contributed by atoms with Gasteiger partial charge in [-0.1, -0.05) is 29.8 Å². The lowest BCUT2D eigenvalue weighted by Gasteiger charge is -2.08. The van der Waals surface area contributed by atoms with Crippen molar-refractivity contribution in [1.29, 1.82) is 0 Å². The lowest BCUT2D eigenvalue weighted by Crippen LogP contribution is -2.04. The third kappa shape index (κ3) is 2.62. The molecule has 1 aromatic heterocycles. The molecule has 1 fully saturated rings. The number of nitrogens with zero attached hydrogens (tertiary/aromatic N) is 2. The molecular formula is C14H14ClN3. The highest BCUT2D eigenvalue weighted by atomic mass is 35.5. The Kier molecular flexibility index (Phi) is 3.15. The van der Waals surface area contributed by atoms with E-state index in [-0.39, 0.29) is 0 Å². The van der Waals surface area contributed by atoms with Gasteiger partial charge in [0, 0.05) is 23.7 Å². The van der Waals surface area contributed by atoms with Gasteiger partial charge in [-0.25, -0.2) is 9.97 Å². The number of anilines is 1. The van der Waals surface area contributed by atoms with Crippen molar-refractivity contribution in [1.82, 2.24) is 9.97 Å². The number of aromatic nitrogens is 2. The van der Waals surface area contributed by atoms with E-state index in [1.165, 1.54) is 12.8 Å². The molecule has 4 heteroatoms. The summed E-state index contributed by atoms with van der Waals surface area (Å²) in [5, 5.41) is 4.07. The van der Waals surface area contributed by atoms with E-state index in [1.54, 1.807) is 0 Å². The first-order valence-electron chi connectivity index (χ1n) is 6.13. The molecule has 3 rings (SSSR count). The normalized spacial score (nSPS) is 14.5. The van der Waals surface area contributed by atoms with Crippen LogP contribution in [-0.2, 0) is 6.54 Å². The molecule has 3 nitrogen and oxygen atoms in total. The van der Waals surface area contributed by atoms with Crippen LogP contribution in [0.4, 0.5) is 5.82 Å². The van der Waals surface area contributed by atoms with Gasteiger partial charge < -0.3 is 5.32 Å². The van der Waals surface area contributed by atoms with Gasteiger partial charge in [0.2, 0.25) is 0 Å². The molecule has 0 spiro atoms. The summed E-state index contributed by atoms with van der Waals surface area (Å²) < 4.78 is 0. The molecule has 0 atom stereocenters. The van der Waals surface area contributed by atoms with E-state index in [0.717, 1.165) is 22.2 Å². The van der Waals surface area contributed by atoms with Crippen LogP contribution in [0.2, 0.25) is 5.02 Å². The fourth-order valence-corrected chi connectivity index (χ4v) is 2.04. The van der Waals surface area contributed by atoms with Gasteiger partial charge in [-0.05, 0) is 30.5 Å². The Hall–Kier alpha value is -1.61. The fraction of sp³-hybridized carbons (Fsp3) is 0.286. The maximum Gasteiger partial charge on any atom is 0.133 e. The molecule has 0 bridgehead atoms. The highest BCUT2D eigenvalue weighted by Crippen LogP contribution is 2.38. The molecule has 1 aliphatic rings. The van der Waals surface area contributed by atoms with Crippen molar-refractivity contribution in [2.24, 2.45) is 0 Å². The molecule has 0 aliphatic heterocycles. The Bertz CT molecular complexity index is 552. The largest absolute Gasteiger partial charge is 0.366 e. The van der Waals surface area contributed by atoms with Gasteiger partial charge in [-0.2, -0.15) is 0 Å². The van der Waals surface area contributed by atoms with Gasteiger partial charge in [0.15, 0.2) is 0 Å². The molecule has 1 saturated carbocycles. The standard InChI is InChI=1S/C14H14ClN3/c15-12-4-2-1-3-11(12)9-17-13-7-8-16-14(18-13)10-5-6-10/h1-4,7-8,10H,5-6,9H2,(H,16,17,18). The van der Waals surface area contributed by atoms with E-state index >= 15 is 0 Å². The molecule has 0 radical (unpaired) electrons. The summed E-state index contributed by atoms with van der Waals surface area (Å²) >= 11 is 6.11. The lowest BCUT2D eigenvalue weighted by atomic mass is 10.2. The molecule has 1 heterocycles. The van der Waals surface area contributed by atoms with E-state index in [1.807, 2.05) is 36.5 Å². The predicted octanol–water partition coefficient (Wildman–Crippen LogP) is 3.62. The van der Waals surface area contributed by atoms with Crippen molar-refractivity contribution in [2.45, 2.75) is 25.3 Å². The SMILES string of the molecule is Clc1ccccc1CNc1ccnc(C2CC2)n1. The van der Waals surface area contributed by atoms with Crippen LogP contribution in [-0.4, -0.2) is 9.97 Å². The van der Waals surface area contributed by atoms with Crippen LogP contribution in [0, 0.1) is 0 Å². The summed E-state index contributed by atoms with van der Waals surface area (Å²) in [5.74, 6) is 2.40. The second-order valence-corrected chi connectivity index (χ2v) is 4.93. The zero-order chi connectivity index (χ0) is 12.4. The highest BCUT2D eigenvalue weighted by Gasteiger charge is 2.26. The molecule has 1 aliphatic carbocycles. The van der Waals surface area contributed by atoms with Gasteiger partial charge >= 0.3 is 0 Å². The van der Waals surface area contributed by atoms with Crippen LogP contribution in [0.25, 0.3) is 0 Å². The Morgan fingerprint density at radius 3 is 2.83 bits per heavy atom. The van der Waals surface area contributed by atoms with Crippen molar-refractivity contribution >= 4 is 17.4 Å². The minimum absolute atomic E-state index is 0.576. The van der Waals surface area contributed by atoms with Crippen LogP contribution >= 0.6 is 11.6 Å². The summed E-state index contributed by atoms with van der Waals surface area (Å²) in [6.07, 6.45) is 4.25. The lowest BCUT2D eigenvalue weighted by molar-refractivity contribution is 0.921. The predicted molar refractivity (Wildman–Crippen MR) is 72.8 cm³/mol. The first kappa shape index (κ1) is 11.5. The number of nitrogens with one attached hydrogen (secondary N) is 1. The van der Waals surface area contributed by atoms with Crippen molar-refractivity contribution in [3.8, 4) is 0 Å². The summed E-state index contributed by atoms with van der Waals surface area (Å²) in [5.41, 5.74) is 1.07. The smallest absolute Gasteiger partial charge is 0.133 e. The van der Waals surface area contributed by atoms with Crippen LogP contribution in [0.3, 0.4) is 0 Å². The van der Waals surface area contributed by atoms with Crippen LogP contribution in [0.15, 0.2) is 36.5 Å². The zero-order valence-corrected chi connectivity index (χ0v) is 10.7. The highest BCUT2D eigenvalue weighted by molar-refractivity contribution is 6.31. The zero-order valence-electron chi connectivity index (χ0n) is 9.94. The van der Waals surface area contributed by atoms with E-state index in [0.29, 0.717) is 12.5 Å². The van der Waals surface area contributed by atoms with Gasteiger partial charge in [0.05, 0.1) is 0 Å². The maximum atomic E-state index is 6.11. The van der Waals surface area contributed by atoms with E-state index in [9.17, 15) is 0 Å². The Morgan fingerprint density at radius 1 is 1.22 bits per heavy atom. The Balaban J connectivity index is 1.69. The van der Waals surface area contributed by atoms with Gasteiger partial charge in [0.25, 0.3) is 0 Å². The van der Waals surface area contributed by atoms with Crippen molar-refractivity contribution in [3.63, 3.8) is 0 Å². The third-order valence-corrected chi connectivity index (χ3v) is 3.40. The molecule has 18 heavy (non-hydrogen) atoms. The van der Waals surface area contributed by atoms with E-state index in [2.05, 4.69) is 15.3 Å². The molecular weight excluding hydrogens is 246 g/mol. The third-order valence-electron chi connectivity index (χ3n) is 3.03. The van der Waals surface area contributed by atoms with Crippen LogP contribution < -0.4 is 5.32 Å². The quantitative estimate of drug-likeness (QED) is 0.911.